The predicted octanol–water partition coefficient (Wildman–Crippen LogP) is 3.47. The summed E-state index contributed by atoms with van der Waals surface area (Å²) >= 11 is 0. The van der Waals surface area contributed by atoms with E-state index in [1.807, 2.05) is 25.1 Å². The predicted molar refractivity (Wildman–Crippen MR) is 66.8 cm³/mol. The van der Waals surface area contributed by atoms with E-state index in [9.17, 15) is 5.11 Å². The van der Waals surface area contributed by atoms with E-state index in [1.54, 1.807) is 7.11 Å². The van der Waals surface area contributed by atoms with Gasteiger partial charge in [-0.1, -0.05) is 32.4 Å². The van der Waals surface area contributed by atoms with Crippen LogP contribution in [0, 0.1) is 12.8 Å². The molecule has 1 rings (SSSR count). The average Bonchev–Trinajstić information content (AvgIpc) is 2.29. The standard InChI is InChI=1S/C14H22O2/c1-5-10(2)8-13(15)12-7-6-11(3)14(9-12)16-4/h6-7,9-10,13,15H,5,8H2,1-4H3. The van der Waals surface area contributed by atoms with Crippen LogP contribution in [0.2, 0.25) is 0 Å². The van der Waals surface area contributed by atoms with Crippen molar-refractivity contribution in [1.29, 1.82) is 0 Å². The van der Waals surface area contributed by atoms with Gasteiger partial charge in [-0.25, -0.2) is 0 Å². The van der Waals surface area contributed by atoms with E-state index >= 15 is 0 Å². The molecule has 0 heterocycles. The lowest BCUT2D eigenvalue weighted by molar-refractivity contribution is 0.146. The summed E-state index contributed by atoms with van der Waals surface area (Å²) in [5.74, 6) is 1.39. The molecule has 0 bridgehead atoms. The molecule has 2 heteroatoms. The molecule has 1 aromatic carbocycles. The first kappa shape index (κ1) is 13.0. The lowest BCUT2D eigenvalue weighted by Gasteiger charge is -2.16. The lowest BCUT2D eigenvalue weighted by atomic mass is 9.96. The van der Waals surface area contributed by atoms with E-state index in [1.165, 1.54) is 0 Å². The van der Waals surface area contributed by atoms with Crippen molar-refractivity contribution in [2.24, 2.45) is 5.92 Å². The van der Waals surface area contributed by atoms with Crippen molar-refractivity contribution in [1.82, 2.24) is 0 Å². The van der Waals surface area contributed by atoms with Crippen LogP contribution >= 0.6 is 0 Å². The molecule has 2 unspecified atom stereocenters. The molecule has 1 aromatic rings. The zero-order valence-electron chi connectivity index (χ0n) is 10.7. The molecule has 1 N–H and O–H groups in total. The lowest BCUT2D eigenvalue weighted by Crippen LogP contribution is -2.04. The van der Waals surface area contributed by atoms with E-state index in [0.717, 1.165) is 29.7 Å². The SMILES string of the molecule is CCC(C)CC(O)c1ccc(C)c(OC)c1. The van der Waals surface area contributed by atoms with Crippen molar-refractivity contribution in [2.75, 3.05) is 7.11 Å². The van der Waals surface area contributed by atoms with Gasteiger partial charge < -0.3 is 9.84 Å². The monoisotopic (exact) mass is 222 g/mol. The fourth-order valence-corrected chi connectivity index (χ4v) is 1.73. The molecule has 0 aliphatic heterocycles. The number of hydrogen-bond donors (Lipinski definition) is 1. The van der Waals surface area contributed by atoms with Crippen LogP contribution in [0.3, 0.4) is 0 Å². The minimum Gasteiger partial charge on any atom is -0.496 e. The van der Waals surface area contributed by atoms with Gasteiger partial charge >= 0.3 is 0 Å². The van der Waals surface area contributed by atoms with Gasteiger partial charge in [-0.2, -0.15) is 0 Å². The van der Waals surface area contributed by atoms with E-state index < -0.39 is 0 Å². The summed E-state index contributed by atoms with van der Waals surface area (Å²) in [7, 11) is 1.66. The van der Waals surface area contributed by atoms with Crippen LogP contribution in [0.4, 0.5) is 0 Å². The number of aryl methyl sites for hydroxylation is 1. The first-order chi connectivity index (χ1) is 7.58. The minimum absolute atomic E-state index is 0.385. The zero-order chi connectivity index (χ0) is 12.1. The third-order valence-electron chi connectivity index (χ3n) is 3.14. The summed E-state index contributed by atoms with van der Waals surface area (Å²) in [5, 5.41) is 10.1. The third kappa shape index (κ3) is 3.24. The Hall–Kier alpha value is -1.02. The van der Waals surface area contributed by atoms with Gasteiger partial charge in [0, 0.05) is 0 Å². The molecule has 2 nitrogen and oxygen atoms in total. The Morgan fingerprint density at radius 3 is 2.62 bits per heavy atom. The number of methoxy groups -OCH3 is 1. The number of rotatable bonds is 5. The second kappa shape index (κ2) is 5.90. The van der Waals surface area contributed by atoms with Gasteiger partial charge in [0.1, 0.15) is 5.75 Å². The molecule has 0 aliphatic carbocycles. The van der Waals surface area contributed by atoms with Crippen molar-refractivity contribution in [3.8, 4) is 5.75 Å². The molecule has 0 saturated carbocycles. The Bertz CT molecular complexity index is 334. The summed E-state index contributed by atoms with van der Waals surface area (Å²) in [6, 6.07) is 5.90. The first-order valence-corrected chi connectivity index (χ1v) is 5.91. The highest BCUT2D eigenvalue weighted by Crippen LogP contribution is 2.27. The van der Waals surface area contributed by atoms with Gasteiger partial charge in [0.25, 0.3) is 0 Å². The van der Waals surface area contributed by atoms with Gasteiger partial charge in [0.05, 0.1) is 13.2 Å². The Morgan fingerprint density at radius 2 is 2.06 bits per heavy atom. The van der Waals surface area contributed by atoms with Crippen LogP contribution in [0.1, 0.15) is 43.9 Å². The smallest absolute Gasteiger partial charge is 0.122 e. The van der Waals surface area contributed by atoms with Gasteiger partial charge in [0.2, 0.25) is 0 Å². The van der Waals surface area contributed by atoms with E-state index in [2.05, 4.69) is 13.8 Å². The van der Waals surface area contributed by atoms with E-state index in [0.29, 0.717) is 5.92 Å². The minimum atomic E-state index is -0.385. The van der Waals surface area contributed by atoms with Crippen LogP contribution in [0.15, 0.2) is 18.2 Å². The van der Waals surface area contributed by atoms with Crippen LogP contribution in [-0.4, -0.2) is 12.2 Å². The van der Waals surface area contributed by atoms with Crippen LogP contribution in [-0.2, 0) is 0 Å². The van der Waals surface area contributed by atoms with Gasteiger partial charge in [-0.05, 0) is 36.5 Å². The normalized spacial score (nSPS) is 14.6. The summed E-state index contributed by atoms with van der Waals surface area (Å²) in [6.07, 6.45) is 1.52. The number of aliphatic hydroxyl groups is 1. The maximum absolute atomic E-state index is 10.1. The van der Waals surface area contributed by atoms with Crippen molar-refractivity contribution in [3.05, 3.63) is 29.3 Å². The molecule has 90 valence electrons. The van der Waals surface area contributed by atoms with Gasteiger partial charge in [-0.3, -0.25) is 0 Å². The molecular weight excluding hydrogens is 200 g/mol. The molecule has 2 atom stereocenters. The number of ether oxygens (including phenoxy) is 1. The highest BCUT2D eigenvalue weighted by atomic mass is 16.5. The molecule has 0 spiro atoms. The Balaban J connectivity index is 2.79. The third-order valence-corrected chi connectivity index (χ3v) is 3.14. The van der Waals surface area contributed by atoms with Crippen molar-refractivity contribution >= 4 is 0 Å². The molecule has 0 aliphatic rings. The summed E-state index contributed by atoms with van der Waals surface area (Å²) in [6.45, 7) is 6.31. The van der Waals surface area contributed by atoms with Crippen LogP contribution < -0.4 is 4.74 Å². The maximum Gasteiger partial charge on any atom is 0.122 e. The topological polar surface area (TPSA) is 29.5 Å². The van der Waals surface area contributed by atoms with Crippen molar-refractivity contribution in [2.45, 2.75) is 39.7 Å². The number of benzene rings is 1. The molecule has 0 saturated heterocycles. The Labute approximate surface area is 98.3 Å². The molecular formula is C14H22O2. The summed E-state index contributed by atoms with van der Waals surface area (Å²) < 4.78 is 5.26. The number of aliphatic hydroxyl groups excluding tert-OH is 1. The molecule has 0 fully saturated rings. The van der Waals surface area contributed by atoms with Crippen molar-refractivity contribution in [3.63, 3.8) is 0 Å². The summed E-state index contributed by atoms with van der Waals surface area (Å²) in [4.78, 5) is 0. The quantitative estimate of drug-likeness (QED) is 0.826. The molecule has 16 heavy (non-hydrogen) atoms. The fraction of sp³-hybridized carbons (Fsp3) is 0.571. The van der Waals surface area contributed by atoms with Gasteiger partial charge in [-0.15, -0.1) is 0 Å². The maximum atomic E-state index is 10.1. The van der Waals surface area contributed by atoms with Gasteiger partial charge in [0.15, 0.2) is 0 Å². The summed E-state index contributed by atoms with van der Waals surface area (Å²) in [5.41, 5.74) is 2.05. The van der Waals surface area contributed by atoms with E-state index in [4.69, 9.17) is 4.74 Å². The first-order valence-electron chi connectivity index (χ1n) is 5.91. The van der Waals surface area contributed by atoms with Crippen LogP contribution in [0.5, 0.6) is 5.75 Å². The molecule has 0 radical (unpaired) electrons. The largest absolute Gasteiger partial charge is 0.496 e. The second-order valence-electron chi connectivity index (χ2n) is 4.49. The molecule has 0 aromatic heterocycles. The Morgan fingerprint density at radius 1 is 1.38 bits per heavy atom. The van der Waals surface area contributed by atoms with E-state index in [-0.39, 0.29) is 6.10 Å². The zero-order valence-corrected chi connectivity index (χ0v) is 10.7. The highest BCUT2D eigenvalue weighted by Gasteiger charge is 2.12. The average molecular weight is 222 g/mol. The number of hydrogen-bond acceptors (Lipinski definition) is 2. The van der Waals surface area contributed by atoms with Crippen molar-refractivity contribution < 1.29 is 9.84 Å². The Kier molecular flexibility index (Phi) is 4.81. The molecule has 0 amide bonds. The highest BCUT2D eigenvalue weighted by molar-refractivity contribution is 5.37. The second-order valence-corrected chi connectivity index (χ2v) is 4.49. The van der Waals surface area contributed by atoms with Crippen LogP contribution in [0.25, 0.3) is 0 Å². The fourth-order valence-electron chi connectivity index (χ4n) is 1.73.